The van der Waals surface area contributed by atoms with Gasteiger partial charge in [0, 0.05) is 11.9 Å². The van der Waals surface area contributed by atoms with E-state index in [0.717, 1.165) is 54.3 Å². The van der Waals surface area contributed by atoms with Crippen molar-refractivity contribution in [3.05, 3.63) is 24.4 Å². The van der Waals surface area contributed by atoms with Gasteiger partial charge in [0.05, 0.1) is 24.5 Å². The van der Waals surface area contributed by atoms with Gasteiger partial charge in [-0.1, -0.05) is 0 Å². The number of fused-ring (bicyclic) bond motifs is 1. The lowest BCUT2D eigenvalue weighted by atomic mass is 9.95. The molecule has 5 nitrogen and oxygen atoms in total. The molecule has 3 rings (SSSR count). The minimum Gasteiger partial charge on any atom is -0.504 e. The molecule has 0 spiro atoms. The molecule has 1 aliphatic rings. The summed E-state index contributed by atoms with van der Waals surface area (Å²) in [6, 6.07) is 5.70. The van der Waals surface area contributed by atoms with E-state index in [1.54, 1.807) is 7.11 Å². The van der Waals surface area contributed by atoms with Crippen molar-refractivity contribution in [1.82, 2.24) is 10.3 Å². The molecule has 1 aromatic heterocycles. The molecule has 0 bridgehead atoms. The van der Waals surface area contributed by atoms with Crippen LogP contribution in [0.3, 0.4) is 0 Å². The van der Waals surface area contributed by atoms with Crippen molar-refractivity contribution >= 4 is 16.6 Å². The Kier molecular flexibility index (Phi) is 4.63. The van der Waals surface area contributed by atoms with Gasteiger partial charge in [-0.15, -0.1) is 0 Å². The summed E-state index contributed by atoms with van der Waals surface area (Å²) >= 11 is 0. The smallest absolute Gasteiger partial charge is 0.157 e. The van der Waals surface area contributed by atoms with Crippen LogP contribution >= 0.6 is 0 Å². The second-order valence-corrected chi connectivity index (χ2v) is 5.81. The van der Waals surface area contributed by atoms with E-state index < -0.39 is 0 Å². The molecule has 1 aliphatic heterocycles. The Morgan fingerprint density at radius 3 is 2.95 bits per heavy atom. The highest BCUT2D eigenvalue weighted by Gasteiger charge is 2.14. The summed E-state index contributed by atoms with van der Waals surface area (Å²) in [6.07, 6.45) is 5.09. The molecule has 1 fully saturated rings. The summed E-state index contributed by atoms with van der Waals surface area (Å²) in [5.74, 6) is 1.71. The number of hydrogen-bond acceptors (Lipinski definition) is 5. The molecule has 0 amide bonds. The highest BCUT2D eigenvalue weighted by molar-refractivity contribution is 5.95. The van der Waals surface area contributed by atoms with Crippen molar-refractivity contribution in [3.8, 4) is 11.5 Å². The van der Waals surface area contributed by atoms with Crippen molar-refractivity contribution in [2.45, 2.75) is 19.3 Å². The van der Waals surface area contributed by atoms with Crippen LogP contribution in [0, 0.1) is 5.92 Å². The topological polar surface area (TPSA) is 66.4 Å². The predicted octanol–water partition coefficient (Wildman–Crippen LogP) is 2.75. The molecular formula is C17H23N3O2. The fourth-order valence-electron chi connectivity index (χ4n) is 3.05. The first-order valence-electron chi connectivity index (χ1n) is 7.88. The zero-order chi connectivity index (χ0) is 15.4. The molecule has 2 aromatic rings. The van der Waals surface area contributed by atoms with Gasteiger partial charge in [0.25, 0.3) is 0 Å². The number of aromatic nitrogens is 1. The molecule has 0 saturated carbocycles. The van der Waals surface area contributed by atoms with Crippen LogP contribution in [0.25, 0.3) is 10.9 Å². The van der Waals surface area contributed by atoms with E-state index in [0.29, 0.717) is 0 Å². The van der Waals surface area contributed by atoms with Gasteiger partial charge in [0.15, 0.2) is 5.75 Å². The Bertz CT molecular complexity index is 639. The van der Waals surface area contributed by atoms with E-state index in [9.17, 15) is 5.11 Å². The fourth-order valence-corrected chi connectivity index (χ4v) is 3.05. The molecule has 5 heteroatoms. The Morgan fingerprint density at radius 2 is 2.18 bits per heavy atom. The maximum atomic E-state index is 10.1. The average Bonchev–Trinajstić information content (AvgIpc) is 2.57. The summed E-state index contributed by atoms with van der Waals surface area (Å²) in [6.45, 7) is 3.09. The van der Waals surface area contributed by atoms with Crippen molar-refractivity contribution in [2.75, 3.05) is 32.1 Å². The van der Waals surface area contributed by atoms with Gasteiger partial charge in [-0.05, 0) is 56.5 Å². The summed E-state index contributed by atoms with van der Waals surface area (Å²) < 4.78 is 5.27. The summed E-state index contributed by atoms with van der Waals surface area (Å²) in [7, 11) is 1.64. The van der Waals surface area contributed by atoms with E-state index in [4.69, 9.17) is 4.74 Å². The minimum atomic E-state index is 0.186. The molecule has 3 N–H and O–H groups in total. The maximum absolute atomic E-state index is 10.1. The molecule has 1 saturated heterocycles. The van der Waals surface area contributed by atoms with Gasteiger partial charge in [0.2, 0.25) is 0 Å². The highest BCUT2D eigenvalue weighted by atomic mass is 16.5. The quantitative estimate of drug-likeness (QED) is 0.792. The summed E-state index contributed by atoms with van der Waals surface area (Å²) in [4.78, 5) is 4.26. The largest absolute Gasteiger partial charge is 0.504 e. The molecular weight excluding hydrogens is 278 g/mol. The van der Waals surface area contributed by atoms with Crippen molar-refractivity contribution in [1.29, 1.82) is 0 Å². The number of nitrogens with zero attached hydrogens (tertiary/aromatic N) is 1. The van der Waals surface area contributed by atoms with Crippen LogP contribution < -0.4 is 15.4 Å². The number of piperidine rings is 1. The summed E-state index contributed by atoms with van der Waals surface area (Å²) in [5.41, 5.74) is 1.60. The lowest BCUT2D eigenvalue weighted by Gasteiger charge is -2.23. The van der Waals surface area contributed by atoms with Crippen LogP contribution in [-0.4, -0.2) is 36.8 Å². The number of ether oxygens (including phenoxy) is 1. The van der Waals surface area contributed by atoms with Gasteiger partial charge in [-0.25, -0.2) is 0 Å². The Labute approximate surface area is 130 Å². The van der Waals surface area contributed by atoms with Crippen LogP contribution in [0.2, 0.25) is 0 Å². The number of nitrogens with one attached hydrogen (secondary N) is 2. The number of aromatic hydroxyl groups is 1. The molecule has 118 valence electrons. The maximum Gasteiger partial charge on any atom is 0.157 e. The predicted molar refractivity (Wildman–Crippen MR) is 88.7 cm³/mol. The molecule has 0 aliphatic carbocycles. The first kappa shape index (κ1) is 14.9. The van der Waals surface area contributed by atoms with E-state index in [1.165, 1.54) is 19.0 Å². The zero-order valence-corrected chi connectivity index (χ0v) is 12.9. The van der Waals surface area contributed by atoms with Crippen LogP contribution in [0.4, 0.5) is 5.69 Å². The molecule has 0 unspecified atom stereocenters. The Morgan fingerprint density at radius 1 is 1.36 bits per heavy atom. The third-order valence-electron chi connectivity index (χ3n) is 4.37. The van der Waals surface area contributed by atoms with E-state index >= 15 is 0 Å². The van der Waals surface area contributed by atoms with Gasteiger partial charge >= 0.3 is 0 Å². The number of benzene rings is 1. The van der Waals surface area contributed by atoms with E-state index in [1.807, 2.05) is 18.2 Å². The Balaban J connectivity index is 1.75. The van der Waals surface area contributed by atoms with Crippen LogP contribution in [0.5, 0.6) is 11.5 Å². The molecule has 2 heterocycles. The number of anilines is 1. The Hall–Kier alpha value is -2.01. The molecule has 1 aromatic carbocycles. The SMILES string of the molecule is COc1ccc2ncc(O)c(NCCC3CCNCC3)c2c1. The molecule has 0 atom stereocenters. The van der Waals surface area contributed by atoms with E-state index in [2.05, 4.69) is 15.6 Å². The average molecular weight is 301 g/mol. The third kappa shape index (κ3) is 3.25. The number of rotatable bonds is 5. The van der Waals surface area contributed by atoms with Crippen LogP contribution in [0.15, 0.2) is 24.4 Å². The fraction of sp³-hybridized carbons (Fsp3) is 0.471. The third-order valence-corrected chi connectivity index (χ3v) is 4.37. The number of methoxy groups -OCH3 is 1. The second-order valence-electron chi connectivity index (χ2n) is 5.81. The van der Waals surface area contributed by atoms with Crippen molar-refractivity contribution < 1.29 is 9.84 Å². The lowest BCUT2D eigenvalue weighted by molar-refractivity contribution is 0.361. The number of hydrogen-bond donors (Lipinski definition) is 3. The van der Waals surface area contributed by atoms with Crippen LogP contribution in [-0.2, 0) is 0 Å². The molecule has 22 heavy (non-hydrogen) atoms. The second kappa shape index (κ2) is 6.83. The van der Waals surface area contributed by atoms with Crippen molar-refractivity contribution in [2.24, 2.45) is 5.92 Å². The summed E-state index contributed by atoms with van der Waals surface area (Å²) in [5, 5.41) is 17.8. The van der Waals surface area contributed by atoms with Crippen LogP contribution in [0.1, 0.15) is 19.3 Å². The minimum absolute atomic E-state index is 0.186. The van der Waals surface area contributed by atoms with E-state index in [-0.39, 0.29) is 5.75 Å². The first-order valence-corrected chi connectivity index (χ1v) is 7.88. The normalized spacial score (nSPS) is 15.9. The van der Waals surface area contributed by atoms with Gasteiger partial charge in [-0.2, -0.15) is 0 Å². The number of pyridine rings is 1. The monoisotopic (exact) mass is 301 g/mol. The van der Waals surface area contributed by atoms with Gasteiger partial charge in [0.1, 0.15) is 5.75 Å². The van der Waals surface area contributed by atoms with Gasteiger partial charge < -0.3 is 20.5 Å². The van der Waals surface area contributed by atoms with Crippen molar-refractivity contribution in [3.63, 3.8) is 0 Å². The first-order chi connectivity index (χ1) is 10.8. The highest BCUT2D eigenvalue weighted by Crippen LogP contribution is 2.33. The standard InChI is InChI=1S/C17H23N3O2/c1-22-13-2-3-15-14(10-13)17(16(21)11-20-15)19-9-6-12-4-7-18-8-5-12/h2-3,10-12,18,21H,4-9H2,1H3,(H,19,20). The molecule has 0 radical (unpaired) electrons. The van der Waals surface area contributed by atoms with Gasteiger partial charge in [-0.3, -0.25) is 4.98 Å². The zero-order valence-electron chi connectivity index (χ0n) is 12.9. The lowest BCUT2D eigenvalue weighted by Crippen LogP contribution is -2.28.